The number of carbonyl (C=O) groups excluding carboxylic acids is 1. The third kappa shape index (κ3) is 3.64. The zero-order chi connectivity index (χ0) is 15.4. The molecule has 3 N–H and O–H groups in total. The third-order valence-corrected chi connectivity index (χ3v) is 3.26. The first kappa shape index (κ1) is 15.1. The number of rotatable bonds is 5. The van der Waals surface area contributed by atoms with E-state index in [2.05, 4.69) is 5.32 Å². The van der Waals surface area contributed by atoms with Gasteiger partial charge in [-0.2, -0.15) is 0 Å². The predicted octanol–water partition coefficient (Wildman–Crippen LogP) is 2.84. The van der Waals surface area contributed by atoms with Crippen LogP contribution in [0.15, 0.2) is 48.5 Å². The Hall–Kier alpha value is -2.27. The minimum absolute atomic E-state index is 0.150. The van der Waals surface area contributed by atoms with Crippen LogP contribution in [0.1, 0.15) is 30.1 Å². The van der Waals surface area contributed by atoms with Gasteiger partial charge in [-0.25, -0.2) is 8.78 Å². The van der Waals surface area contributed by atoms with E-state index in [1.54, 1.807) is 31.2 Å². The molecule has 0 fully saturated rings. The minimum Gasteiger partial charge on any atom is -0.368 e. The highest BCUT2D eigenvalue weighted by Gasteiger charge is 2.22. The second kappa shape index (κ2) is 6.45. The molecule has 0 radical (unpaired) electrons. The molecular weight excluding hydrogens is 274 g/mol. The van der Waals surface area contributed by atoms with Crippen molar-refractivity contribution in [2.24, 2.45) is 5.73 Å². The van der Waals surface area contributed by atoms with Gasteiger partial charge < -0.3 is 5.73 Å². The molecule has 2 rings (SSSR count). The molecular formula is C16H16F2N2O. The molecule has 1 amide bonds. The van der Waals surface area contributed by atoms with Crippen molar-refractivity contribution < 1.29 is 13.6 Å². The van der Waals surface area contributed by atoms with Crippen molar-refractivity contribution in [1.29, 1.82) is 0 Å². The van der Waals surface area contributed by atoms with Crippen molar-refractivity contribution in [3.63, 3.8) is 0 Å². The van der Waals surface area contributed by atoms with Gasteiger partial charge >= 0.3 is 0 Å². The summed E-state index contributed by atoms with van der Waals surface area (Å²) >= 11 is 0. The van der Waals surface area contributed by atoms with Gasteiger partial charge in [-0.1, -0.05) is 30.3 Å². The maximum atomic E-state index is 13.8. The van der Waals surface area contributed by atoms with Crippen LogP contribution in [0.5, 0.6) is 0 Å². The molecule has 0 heterocycles. The third-order valence-electron chi connectivity index (χ3n) is 3.26. The van der Waals surface area contributed by atoms with E-state index in [1.807, 2.05) is 6.07 Å². The van der Waals surface area contributed by atoms with Crippen molar-refractivity contribution in [3.8, 4) is 0 Å². The number of nitrogens with two attached hydrogens (primary N) is 1. The van der Waals surface area contributed by atoms with Gasteiger partial charge in [-0.05, 0) is 30.7 Å². The zero-order valence-electron chi connectivity index (χ0n) is 11.5. The van der Waals surface area contributed by atoms with Crippen LogP contribution in [0.25, 0.3) is 0 Å². The lowest BCUT2D eigenvalue weighted by Gasteiger charge is -2.22. The summed E-state index contributed by atoms with van der Waals surface area (Å²) in [6.07, 6.45) is 0. The van der Waals surface area contributed by atoms with Crippen molar-refractivity contribution in [1.82, 2.24) is 5.32 Å². The summed E-state index contributed by atoms with van der Waals surface area (Å²) in [7, 11) is 0. The standard InChI is InChI=1S/C16H16F2N2O/c1-10(13-9-12(17)7-8-14(13)18)20-15(16(19)21)11-5-3-2-4-6-11/h2-10,15,20H,1H3,(H2,19,21). The minimum atomic E-state index is -0.774. The van der Waals surface area contributed by atoms with Crippen molar-refractivity contribution in [2.75, 3.05) is 0 Å². The molecule has 0 saturated carbocycles. The molecule has 0 bridgehead atoms. The SMILES string of the molecule is CC(NC(C(N)=O)c1ccccc1)c1cc(F)ccc1F. The van der Waals surface area contributed by atoms with Gasteiger partial charge in [0.05, 0.1) is 0 Å². The van der Waals surface area contributed by atoms with Crippen LogP contribution < -0.4 is 11.1 Å². The van der Waals surface area contributed by atoms with E-state index in [0.717, 1.165) is 18.2 Å². The number of carbonyl (C=O) groups is 1. The van der Waals surface area contributed by atoms with E-state index in [1.165, 1.54) is 0 Å². The quantitative estimate of drug-likeness (QED) is 0.889. The number of hydrogen-bond acceptors (Lipinski definition) is 2. The Labute approximate surface area is 121 Å². The van der Waals surface area contributed by atoms with Crippen molar-refractivity contribution >= 4 is 5.91 Å². The number of primary amides is 1. The summed E-state index contributed by atoms with van der Waals surface area (Å²) < 4.78 is 27.0. The van der Waals surface area contributed by atoms with Gasteiger partial charge in [0.1, 0.15) is 17.7 Å². The number of hydrogen-bond donors (Lipinski definition) is 2. The lowest BCUT2D eigenvalue weighted by atomic mass is 10.0. The zero-order valence-corrected chi connectivity index (χ0v) is 11.5. The lowest BCUT2D eigenvalue weighted by molar-refractivity contribution is -0.120. The smallest absolute Gasteiger partial charge is 0.239 e. The summed E-state index contributed by atoms with van der Waals surface area (Å²) in [6, 6.07) is 10.7. The Morgan fingerprint density at radius 3 is 2.43 bits per heavy atom. The second-order valence-electron chi connectivity index (χ2n) is 4.80. The van der Waals surface area contributed by atoms with Gasteiger partial charge in [-0.3, -0.25) is 10.1 Å². The molecule has 0 aliphatic rings. The fourth-order valence-corrected chi connectivity index (χ4v) is 2.17. The molecule has 0 aliphatic carbocycles. The molecule has 110 valence electrons. The van der Waals surface area contributed by atoms with Crippen LogP contribution in [0.2, 0.25) is 0 Å². The maximum Gasteiger partial charge on any atom is 0.239 e. The maximum absolute atomic E-state index is 13.8. The second-order valence-corrected chi connectivity index (χ2v) is 4.80. The van der Waals surface area contributed by atoms with Crippen molar-refractivity contribution in [2.45, 2.75) is 19.0 Å². The first-order valence-electron chi connectivity index (χ1n) is 6.54. The highest BCUT2D eigenvalue weighted by molar-refractivity contribution is 5.81. The molecule has 2 unspecified atom stereocenters. The van der Waals surface area contributed by atoms with E-state index in [0.29, 0.717) is 5.56 Å². The highest BCUT2D eigenvalue weighted by atomic mass is 19.1. The van der Waals surface area contributed by atoms with E-state index in [4.69, 9.17) is 5.73 Å². The van der Waals surface area contributed by atoms with Crippen LogP contribution >= 0.6 is 0 Å². The molecule has 21 heavy (non-hydrogen) atoms. The summed E-state index contributed by atoms with van der Waals surface area (Å²) in [5, 5.41) is 2.94. The van der Waals surface area contributed by atoms with Gasteiger partial charge in [0.25, 0.3) is 0 Å². The van der Waals surface area contributed by atoms with Gasteiger partial charge in [-0.15, -0.1) is 0 Å². The molecule has 0 aliphatic heterocycles. The molecule has 2 atom stereocenters. The molecule has 2 aromatic carbocycles. The van der Waals surface area contributed by atoms with Crippen LogP contribution in [0.4, 0.5) is 8.78 Å². The summed E-state index contributed by atoms with van der Waals surface area (Å²) in [6.45, 7) is 1.65. The van der Waals surface area contributed by atoms with Crippen molar-refractivity contribution in [3.05, 3.63) is 71.3 Å². The Balaban J connectivity index is 2.25. The number of nitrogens with one attached hydrogen (secondary N) is 1. The van der Waals surface area contributed by atoms with Gasteiger partial charge in [0.15, 0.2) is 0 Å². The van der Waals surface area contributed by atoms with Gasteiger partial charge in [0.2, 0.25) is 5.91 Å². The van der Waals surface area contributed by atoms with Crippen LogP contribution in [-0.2, 0) is 4.79 Å². The largest absolute Gasteiger partial charge is 0.368 e. The molecule has 0 spiro atoms. The first-order valence-corrected chi connectivity index (χ1v) is 6.54. The van der Waals surface area contributed by atoms with E-state index >= 15 is 0 Å². The highest BCUT2D eigenvalue weighted by Crippen LogP contribution is 2.22. The molecule has 2 aromatic rings. The average molecular weight is 290 g/mol. The predicted molar refractivity (Wildman–Crippen MR) is 76.3 cm³/mol. The van der Waals surface area contributed by atoms with E-state index in [-0.39, 0.29) is 5.56 Å². The van der Waals surface area contributed by atoms with Gasteiger partial charge in [0, 0.05) is 11.6 Å². The fourth-order valence-electron chi connectivity index (χ4n) is 2.17. The number of amides is 1. The molecule has 5 heteroatoms. The normalized spacial score (nSPS) is 13.7. The summed E-state index contributed by atoms with van der Waals surface area (Å²) in [5.41, 5.74) is 6.22. The van der Waals surface area contributed by atoms with Crippen LogP contribution in [0.3, 0.4) is 0 Å². The first-order chi connectivity index (χ1) is 9.99. The monoisotopic (exact) mass is 290 g/mol. The molecule has 0 aromatic heterocycles. The molecule has 0 saturated heterocycles. The number of halogens is 2. The topological polar surface area (TPSA) is 55.1 Å². The Bertz CT molecular complexity index is 631. The van der Waals surface area contributed by atoms with Crippen LogP contribution in [-0.4, -0.2) is 5.91 Å². The fraction of sp³-hybridized carbons (Fsp3) is 0.188. The van der Waals surface area contributed by atoms with E-state index in [9.17, 15) is 13.6 Å². The molecule has 3 nitrogen and oxygen atoms in total. The summed E-state index contributed by atoms with van der Waals surface area (Å²) in [5.74, 6) is -1.65. The lowest BCUT2D eigenvalue weighted by Crippen LogP contribution is -2.35. The Kier molecular flexibility index (Phi) is 4.65. The number of benzene rings is 2. The van der Waals surface area contributed by atoms with Crippen LogP contribution in [0, 0.1) is 11.6 Å². The Morgan fingerprint density at radius 2 is 1.81 bits per heavy atom. The summed E-state index contributed by atoms with van der Waals surface area (Å²) in [4.78, 5) is 11.6. The average Bonchev–Trinajstić information content (AvgIpc) is 2.47. The van der Waals surface area contributed by atoms with E-state index < -0.39 is 29.6 Å². The Morgan fingerprint density at radius 1 is 1.14 bits per heavy atom.